The molecule has 1 aromatic carbocycles. The Morgan fingerprint density at radius 2 is 2.18 bits per heavy atom. The molecule has 0 saturated carbocycles. The normalized spacial score (nSPS) is 10.5. The molecule has 0 saturated heterocycles. The van der Waals surface area contributed by atoms with E-state index in [4.69, 9.17) is 23.2 Å². The van der Waals surface area contributed by atoms with Crippen LogP contribution >= 0.6 is 23.2 Å². The van der Waals surface area contributed by atoms with Gasteiger partial charge in [-0.25, -0.2) is 4.79 Å². The molecule has 2 aromatic rings. The van der Waals surface area contributed by atoms with Gasteiger partial charge in [0.1, 0.15) is 0 Å². The van der Waals surface area contributed by atoms with Crippen LogP contribution in [0, 0.1) is 0 Å². The molecule has 0 bridgehead atoms. The number of allylic oxidation sites excluding steroid dienone is 1. The van der Waals surface area contributed by atoms with Gasteiger partial charge in [0.25, 0.3) is 0 Å². The molecule has 0 spiro atoms. The lowest BCUT2D eigenvalue weighted by molar-refractivity contribution is 0.378. The predicted molar refractivity (Wildman–Crippen MR) is 66.4 cm³/mol. The standard InChI is InChI=1S/C11H8Cl2N2O2/c1-2-5-15-10(14-17-11(15)16)7-3-4-8(12)9(13)6-7/h2-4,6H,1,5H2. The third kappa shape index (κ3) is 2.28. The van der Waals surface area contributed by atoms with E-state index in [1.807, 2.05) is 0 Å². The van der Waals surface area contributed by atoms with Gasteiger partial charge in [-0.05, 0) is 18.2 Å². The van der Waals surface area contributed by atoms with Gasteiger partial charge in [-0.1, -0.05) is 34.4 Å². The van der Waals surface area contributed by atoms with Gasteiger partial charge in [0.05, 0.1) is 10.0 Å². The summed E-state index contributed by atoms with van der Waals surface area (Å²) in [6, 6.07) is 4.97. The molecule has 0 N–H and O–H groups in total. The quantitative estimate of drug-likeness (QED) is 0.806. The second kappa shape index (κ2) is 4.77. The molecular weight excluding hydrogens is 263 g/mol. The van der Waals surface area contributed by atoms with E-state index >= 15 is 0 Å². The number of hydrogen-bond donors (Lipinski definition) is 0. The van der Waals surface area contributed by atoms with Crippen LogP contribution in [0.5, 0.6) is 0 Å². The van der Waals surface area contributed by atoms with Crippen molar-refractivity contribution in [2.24, 2.45) is 0 Å². The number of halogens is 2. The number of nitrogens with zero attached hydrogens (tertiary/aromatic N) is 2. The fourth-order valence-corrected chi connectivity index (χ4v) is 1.70. The highest BCUT2D eigenvalue weighted by Gasteiger charge is 2.12. The molecule has 6 heteroatoms. The Balaban J connectivity index is 2.56. The summed E-state index contributed by atoms with van der Waals surface area (Å²) < 4.78 is 5.96. The molecule has 17 heavy (non-hydrogen) atoms. The van der Waals surface area contributed by atoms with E-state index in [-0.39, 0.29) is 0 Å². The summed E-state index contributed by atoms with van der Waals surface area (Å²) in [4.78, 5) is 11.4. The zero-order valence-corrected chi connectivity index (χ0v) is 10.2. The van der Waals surface area contributed by atoms with Crippen LogP contribution in [-0.4, -0.2) is 9.72 Å². The maximum Gasteiger partial charge on any atom is 0.442 e. The predicted octanol–water partition coefficient (Wildman–Crippen LogP) is 3.00. The molecule has 4 nitrogen and oxygen atoms in total. The molecule has 0 atom stereocenters. The van der Waals surface area contributed by atoms with Crippen LogP contribution in [0.2, 0.25) is 10.0 Å². The lowest BCUT2D eigenvalue weighted by Crippen LogP contribution is -2.14. The van der Waals surface area contributed by atoms with E-state index in [0.29, 0.717) is 28.0 Å². The molecule has 2 rings (SSSR count). The Kier molecular flexibility index (Phi) is 3.36. The van der Waals surface area contributed by atoms with Crippen molar-refractivity contribution < 1.29 is 4.52 Å². The van der Waals surface area contributed by atoms with Crippen molar-refractivity contribution >= 4 is 23.2 Å². The highest BCUT2D eigenvalue weighted by molar-refractivity contribution is 6.42. The zero-order valence-electron chi connectivity index (χ0n) is 8.69. The molecule has 0 aliphatic carbocycles. The van der Waals surface area contributed by atoms with Gasteiger partial charge >= 0.3 is 5.76 Å². The van der Waals surface area contributed by atoms with Gasteiger partial charge < -0.3 is 0 Å². The van der Waals surface area contributed by atoms with Crippen molar-refractivity contribution in [3.05, 3.63) is 51.4 Å². The summed E-state index contributed by atoms with van der Waals surface area (Å²) in [5.41, 5.74) is 0.659. The highest BCUT2D eigenvalue weighted by Crippen LogP contribution is 2.27. The maximum atomic E-state index is 11.4. The number of rotatable bonds is 3. The van der Waals surface area contributed by atoms with Crippen molar-refractivity contribution in [3.8, 4) is 11.4 Å². The molecule has 88 valence electrons. The lowest BCUT2D eigenvalue weighted by atomic mass is 10.2. The van der Waals surface area contributed by atoms with Crippen molar-refractivity contribution in [2.45, 2.75) is 6.54 Å². The van der Waals surface area contributed by atoms with Gasteiger partial charge in [-0.3, -0.25) is 9.09 Å². The van der Waals surface area contributed by atoms with E-state index in [0.717, 1.165) is 0 Å². The average Bonchev–Trinajstić information content (AvgIpc) is 2.66. The van der Waals surface area contributed by atoms with Crippen LogP contribution in [0.25, 0.3) is 11.4 Å². The van der Waals surface area contributed by atoms with Crippen LogP contribution in [-0.2, 0) is 6.54 Å². The molecular formula is C11H8Cl2N2O2. The van der Waals surface area contributed by atoms with E-state index in [1.165, 1.54) is 4.57 Å². The van der Waals surface area contributed by atoms with Gasteiger partial charge in [-0.2, -0.15) is 0 Å². The van der Waals surface area contributed by atoms with E-state index in [2.05, 4.69) is 16.3 Å². The van der Waals surface area contributed by atoms with E-state index < -0.39 is 5.76 Å². The van der Waals surface area contributed by atoms with Gasteiger partial charge in [0, 0.05) is 12.1 Å². The first kappa shape index (κ1) is 12.0. The second-order valence-corrected chi connectivity index (χ2v) is 4.11. The summed E-state index contributed by atoms with van der Waals surface area (Å²) in [6.07, 6.45) is 1.58. The van der Waals surface area contributed by atoms with Crippen LogP contribution in [0.4, 0.5) is 0 Å². The van der Waals surface area contributed by atoms with Crippen molar-refractivity contribution in [3.63, 3.8) is 0 Å². The van der Waals surface area contributed by atoms with Crippen LogP contribution < -0.4 is 5.76 Å². The minimum atomic E-state index is -0.536. The first-order chi connectivity index (χ1) is 8.13. The van der Waals surface area contributed by atoms with Crippen molar-refractivity contribution in [2.75, 3.05) is 0 Å². The van der Waals surface area contributed by atoms with Crippen LogP contribution in [0.15, 0.2) is 40.2 Å². The molecule has 1 aromatic heterocycles. The third-order valence-electron chi connectivity index (χ3n) is 2.18. The summed E-state index contributed by atoms with van der Waals surface area (Å²) >= 11 is 11.7. The maximum absolute atomic E-state index is 11.4. The smallest absolute Gasteiger partial charge is 0.295 e. The number of aromatic nitrogens is 2. The van der Waals surface area contributed by atoms with E-state index in [9.17, 15) is 4.79 Å². The first-order valence-corrected chi connectivity index (χ1v) is 5.52. The Bertz CT molecular complexity index is 616. The fraction of sp³-hybridized carbons (Fsp3) is 0.0909. The Labute approximate surface area is 107 Å². The van der Waals surface area contributed by atoms with Crippen LogP contribution in [0.1, 0.15) is 0 Å². The van der Waals surface area contributed by atoms with Crippen LogP contribution in [0.3, 0.4) is 0 Å². The SMILES string of the molecule is C=CCn1c(-c2ccc(Cl)c(Cl)c2)noc1=O. The molecule has 1 heterocycles. The largest absolute Gasteiger partial charge is 0.442 e. The lowest BCUT2D eigenvalue weighted by Gasteiger charge is -2.02. The Hall–Kier alpha value is -1.52. The topological polar surface area (TPSA) is 48.0 Å². The molecule has 0 fully saturated rings. The summed E-state index contributed by atoms with van der Waals surface area (Å²) in [5.74, 6) is -0.139. The molecule has 0 aliphatic rings. The summed E-state index contributed by atoms with van der Waals surface area (Å²) in [7, 11) is 0. The van der Waals surface area contributed by atoms with E-state index in [1.54, 1.807) is 24.3 Å². The first-order valence-electron chi connectivity index (χ1n) is 4.76. The average molecular weight is 271 g/mol. The minimum Gasteiger partial charge on any atom is -0.295 e. The molecule has 0 radical (unpaired) electrons. The zero-order chi connectivity index (χ0) is 12.4. The third-order valence-corrected chi connectivity index (χ3v) is 2.91. The van der Waals surface area contributed by atoms with Gasteiger partial charge in [-0.15, -0.1) is 6.58 Å². The molecule has 0 aliphatic heterocycles. The van der Waals surface area contributed by atoms with Gasteiger partial charge in [0.15, 0.2) is 5.82 Å². The monoisotopic (exact) mass is 270 g/mol. The summed E-state index contributed by atoms with van der Waals surface area (Å²) in [6.45, 7) is 3.88. The van der Waals surface area contributed by atoms with Crippen molar-refractivity contribution in [1.29, 1.82) is 0 Å². The minimum absolute atomic E-state index is 0.317. The molecule has 0 amide bonds. The number of hydrogen-bond acceptors (Lipinski definition) is 3. The fourth-order valence-electron chi connectivity index (χ4n) is 1.40. The highest BCUT2D eigenvalue weighted by atomic mass is 35.5. The number of benzene rings is 1. The Morgan fingerprint density at radius 1 is 1.41 bits per heavy atom. The Morgan fingerprint density at radius 3 is 2.82 bits per heavy atom. The molecule has 0 unspecified atom stereocenters. The second-order valence-electron chi connectivity index (χ2n) is 3.30. The van der Waals surface area contributed by atoms with Gasteiger partial charge in [0.2, 0.25) is 0 Å². The summed E-state index contributed by atoms with van der Waals surface area (Å²) in [5, 5.41) is 4.54. The van der Waals surface area contributed by atoms with Crippen molar-refractivity contribution in [1.82, 2.24) is 9.72 Å².